The quantitative estimate of drug-likeness (QED) is 0.778. The van der Waals surface area contributed by atoms with E-state index in [0.29, 0.717) is 5.41 Å². The second-order valence-electron chi connectivity index (χ2n) is 6.75. The Morgan fingerprint density at radius 1 is 1.21 bits per heavy atom. The molecule has 2 fully saturated rings. The summed E-state index contributed by atoms with van der Waals surface area (Å²) in [5, 5.41) is 0. The highest BCUT2D eigenvalue weighted by atomic mass is 32.1. The van der Waals surface area contributed by atoms with E-state index in [0.717, 1.165) is 24.9 Å². The van der Waals surface area contributed by atoms with Crippen LogP contribution in [-0.4, -0.2) is 69.0 Å². The van der Waals surface area contributed by atoms with Crippen LogP contribution in [0, 0.1) is 11.3 Å². The molecule has 2 rings (SSSR count). The minimum Gasteiger partial charge on any atom is -0.381 e. The van der Waals surface area contributed by atoms with Gasteiger partial charge in [-0.05, 0) is 70.0 Å². The summed E-state index contributed by atoms with van der Waals surface area (Å²) >= 11 is 4.62. The maximum atomic E-state index is 5.52. The van der Waals surface area contributed by atoms with Gasteiger partial charge in [0.25, 0.3) is 0 Å². The van der Waals surface area contributed by atoms with E-state index in [9.17, 15) is 0 Å². The van der Waals surface area contributed by atoms with E-state index in [1.54, 1.807) is 0 Å². The number of rotatable bonds is 5. The Bertz CT molecular complexity index is 259. The molecule has 0 bridgehead atoms. The summed E-state index contributed by atoms with van der Waals surface area (Å²) in [6, 6.07) is 0. The first-order chi connectivity index (χ1) is 9.13. The molecule has 4 heteroatoms. The molecule has 2 aliphatic rings. The Balaban J connectivity index is 1.77. The molecular weight excluding hydrogens is 256 g/mol. The van der Waals surface area contributed by atoms with Crippen LogP contribution in [0.1, 0.15) is 25.7 Å². The Kier molecular flexibility index (Phi) is 6.00. The van der Waals surface area contributed by atoms with Gasteiger partial charge in [0.05, 0.1) is 0 Å². The third kappa shape index (κ3) is 4.62. The van der Waals surface area contributed by atoms with E-state index in [4.69, 9.17) is 4.74 Å². The van der Waals surface area contributed by atoms with Crippen LogP contribution in [0.5, 0.6) is 0 Å². The predicted molar refractivity (Wildman–Crippen MR) is 84.1 cm³/mol. The highest BCUT2D eigenvalue weighted by molar-refractivity contribution is 7.80. The highest BCUT2D eigenvalue weighted by Crippen LogP contribution is 2.34. The van der Waals surface area contributed by atoms with Gasteiger partial charge < -0.3 is 14.5 Å². The van der Waals surface area contributed by atoms with Crippen LogP contribution in [0.4, 0.5) is 0 Å². The van der Waals surface area contributed by atoms with Crippen molar-refractivity contribution in [1.29, 1.82) is 0 Å². The first kappa shape index (κ1) is 15.6. The van der Waals surface area contributed by atoms with Gasteiger partial charge in [0, 0.05) is 26.3 Å². The number of nitrogens with zero attached hydrogens (tertiary/aromatic N) is 2. The summed E-state index contributed by atoms with van der Waals surface area (Å²) in [4.78, 5) is 5.00. The first-order valence-electron chi connectivity index (χ1n) is 7.69. The van der Waals surface area contributed by atoms with E-state index in [1.165, 1.54) is 51.9 Å². The molecule has 0 aromatic heterocycles. The van der Waals surface area contributed by atoms with Crippen molar-refractivity contribution in [3.05, 3.63) is 0 Å². The smallest absolute Gasteiger partial charge is 0.0472 e. The van der Waals surface area contributed by atoms with Crippen LogP contribution < -0.4 is 0 Å². The van der Waals surface area contributed by atoms with E-state index < -0.39 is 0 Å². The number of hydrogen-bond acceptors (Lipinski definition) is 4. The van der Waals surface area contributed by atoms with Crippen molar-refractivity contribution in [2.24, 2.45) is 11.3 Å². The third-order valence-electron chi connectivity index (χ3n) is 4.78. The first-order valence-corrected chi connectivity index (χ1v) is 8.32. The number of ether oxygens (including phenoxy) is 1. The lowest BCUT2D eigenvalue weighted by atomic mass is 9.81. The predicted octanol–water partition coefficient (Wildman–Crippen LogP) is 1.99. The second-order valence-corrected chi connectivity index (χ2v) is 7.07. The maximum Gasteiger partial charge on any atom is 0.0472 e. The lowest BCUT2D eigenvalue weighted by Crippen LogP contribution is -2.46. The molecule has 19 heavy (non-hydrogen) atoms. The lowest BCUT2D eigenvalue weighted by molar-refractivity contribution is 0.00158. The zero-order valence-corrected chi connectivity index (χ0v) is 13.5. The lowest BCUT2D eigenvalue weighted by Gasteiger charge is -2.42. The Morgan fingerprint density at radius 2 is 1.84 bits per heavy atom. The Hall–Kier alpha value is 0.230. The molecule has 3 nitrogen and oxygen atoms in total. The average molecular weight is 286 g/mol. The minimum absolute atomic E-state index is 0.412. The zero-order chi connectivity index (χ0) is 13.7. The SMILES string of the molecule is CN(C)CC1CCN(CC2(CS)CCOCC2)CC1. The molecule has 112 valence electrons. The molecule has 2 saturated heterocycles. The van der Waals surface area contributed by atoms with Crippen LogP contribution in [-0.2, 0) is 4.74 Å². The molecule has 0 aliphatic carbocycles. The molecule has 0 unspecified atom stereocenters. The van der Waals surface area contributed by atoms with Crippen molar-refractivity contribution in [3.63, 3.8) is 0 Å². The molecule has 0 saturated carbocycles. The summed E-state index contributed by atoms with van der Waals surface area (Å²) in [6.45, 7) is 6.88. The van der Waals surface area contributed by atoms with Crippen LogP contribution in [0.2, 0.25) is 0 Å². The van der Waals surface area contributed by atoms with Gasteiger partial charge in [-0.1, -0.05) is 0 Å². The summed E-state index contributed by atoms with van der Waals surface area (Å²) in [6.07, 6.45) is 5.09. The molecule has 0 N–H and O–H groups in total. The summed E-state index contributed by atoms with van der Waals surface area (Å²) in [7, 11) is 4.37. The summed E-state index contributed by atoms with van der Waals surface area (Å²) in [5.41, 5.74) is 0.412. The number of piperidine rings is 1. The van der Waals surface area contributed by atoms with Crippen molar-refractivity contribution in [2.75, 3.05) is 59.2 Å². The largest absolute Gasteiger partial charge is 0.381 e. The van der Waals surface area contributed by atoms with Gasteiger partial charge in [0.15, 0.2) is 0 Å². The van der Waals surface area contributed by atoms with Crippen molar-refractivity contribution in [1.82, 2.24) is 9.80 Å². The standard InChI is InChI=1S/C15H30N2OS/c1-16(2)11-14-3-7-17(8-4-14)12-15(13-19)5-9-18-10-6-15/h14,19H,3-13H2,1-2H3. The van der Waals surface area contributed by atoms with Gasteiger partial charge >= 0.3 is 0 Å². The second kappa shape index (κ2) is 7.30. The number of hydrogen-bond donors (Lipinski definition) is 1. The molecule has 0 spiro atoms. The van der Waals surface area contributed by atoms with Crippen LogP contribution in [0.3, 0.4) is 0 Å². The van der Waals surface area contributed by atoms with Crippen LogP contribution in [0.15, 0.2) is 0 Å². The van der Waals surface area contributed by atoms with Gasteiger partial charge in [0.1, 0.15) is 0 Å². The zero-order valence-electron chi connectivity index (χ0n) is 12.6. The molecule has 0 radical (unpaired) electrons. The van der Waals surface area contributed by atoms with Crippen LogP contribution in [0.25, 0.3) is 0 Å². The van der Waals surface area contributed by atoms with Crippen molar-refractivity contribution in [2.45, 2.75) is 25.7 Å². The van der Waals surface area contributed by atoms with Gasteiger partial charge in [-0.2, -0.15) is 12.6 Å². The number of thiol groups is 1. The van der Waals surface area contributed by atoms with Crippen molar-refractivity contribution < 1.29 is 4.74 Å². The monoisotopic (exact) mass is 286 g/mol. The van der Waals surface area contributed by atoms with E-state index in [-0.39, 0.29) is 0 Å². The van der Waals surface area contributed by atoms with Crippen molar-refractivity contribution >= 4 is 12.6 Å². The fourth-order valence-electron chi connectivity index (χ4n) is 3.49. The van der Waals surface area contributed by atoms with Gasteiger partial charge in [-0.3, -0.25) is 0 Å². The van der Waals surface area contributed by atoms with E-state index in [1.807, 2.05) is 0 Å². The Morgan fingerprint density at radius 3 is 2.37 bits per heavy atom. The molecule has 0 atom stereocenters. The fraction of sp³-hybridized carbons (Fsp3) is 1.00. The fourth-order valence-corrected chi connectivity index (χ4v) is 3.90. The van der Waals surface area contributed by atoms with Crippen LogP contribution >= 0.6 is 12.6 Å². The maximum absolute atomic E-state index is 5.52. The topological polar surface area (TPSA) is 15.7 Å². The Labute approximate surface area is 124 Å². The molecule has 0 aromatic carbocycles. The molecular formula is C15H30N2OS. The third-order valence-corrected chi connectivity index (χ3v) is 5.45. The molecule has 0 aromatic rings. The summed E-state index contributed by atoms with van der Waals surface area (Å²) < 4.78 is 5.52. The normalized spacial score (nSPS) is 25.9. The van der Waals surface area contributed by atoms with E-state index in [2.05, 4.69) is 36.5 Å². The summed E-state index contributed by atoms with van der Waals surface area (Å²) in [5.74, 6) is 1.90. The van der Waals surface area contributed by atoms with E-state index >= 15 is 0 Å². The molecule has 2 heterocycles. The average Bonchev–Trinajstić information content (AvgIpc) is 2.41. The van der Waals surface area contributed by atoms with Gasteiger partial charge in [0.2, 0.25) is 0 Å². The van der Waals surface area contributed by atoms with Crippen molar-refractivity contribution in [3.8, 4) is 0 Å². The number of likely N-dealkylation sites (tertiary alicyclic amines) is 1. The molecule has 2 aliphatic heterocycles. The minimum atomic E-state index is 0.412. The van der Waals surface area contributed by atoms with Gasteiger partial charge in [-0.25, -0.2) is 0 Å². The highest BCUT2D eigenvalue weighted by Gasteiger charge is 2.34. The van der Waals surface area contributed by atoms with Gasteiger partial charge in [-0.15, -0.1) is 0 Å². The molecule has 0 amide bonds.